The van der Waals surface area contributed by atoms with Gasteiger partial charge in [-0.05, 0) is 36.1 Å². The summed E-state index contributed by atoms with van der Waals surface area (Å²) < 4.78 is 0. The van der Waals surface area contributed by atoms with Crippen molar-refractivity contribution in [2.24, 2.45) is 5.73 Å². The highest BCUT2D eigenvalue weighted by atomic mass is 35.5. The molecule has 0 aromatic heterocycles. The van der Waals surface area contributed by atoms with E-state index in [-0.39, 0.29) is 0 Å². The molecule has 0 spiro atoms. The van der Waals surface area contributed by atoms with Crippen LogP contribution in [0.2, 0.25) is 5.02 Å². The molecule has 0 heterocycles. The topological polar surface area (TPSA) is 55.1 Å². The molecule has 1 amide bonds. The molecule has 3 N–H and O–H groups in total. The number of benzene rings is 2. The van der Waals surface area contributed by atoms with Crippen LogP contribution < -0.4 is 11.1 Å². The number of hydrogen-bond donors (Lipinski definition) is 2. The van der Waals surface area contributed by atoms with Gasteiger partial charge in [0.15, 0.2) is 0 Å². The Morgan fingerprint density at radius 2 is 1.95 bits per heavy atom. The number of anilines is 1. The van der Waals surface area contributed by atoms with Gasteiger partial charge in [0.05, 0.1) is 10.6 Å². The van der Waals surface area contributed by atoms with Crippen molar-refractivity contribution in [1.82, 2.24) is 0 Å². The Morgan fingerprint density at radius 3 is 2.62 bits per heavy atom. The quantitative estimate of drug-likeness (QED) is 0.846. The predicted molar refractivity (Wildman–Crippen MR) is 87.9 cm³/mol. The van der Waals surface area contributed by atoms with E-state index in [4.69, 9.17) is 17.3 Å². The summed E-state index contributed by atoms with van der Waals surface area (Å²) in [6.07, 6.45) is 0.999. The second kappa shape index (κ2) is 7.14. The van der Waals surface area contributed by atoms with Gasteiger partial charge in [-0.1, -0.05) is 48.9 Å². The lowest BCUT2D eigenvalue weighted by Crippen LogP contribution is -2.12. The first kappa shape index (κ1) is 15.4. The van der Waals surface area contributed by atoms with Crippen LogP contribution in [0.4, 0.5) is 5.69 Å². The third-order valence-electron chi connectivity index (χ3n) is 3.51. The average Bonchev–Trinajstić information content (AvgIpc) is 2.49. The minimum absolute atomic E-state index is 0.345. The third-order valence-corrected chi connectivity index (χ3v) is 3.84. The molecule has 0 bridgehead atoms. The van der Waals surface area contributed by atoms with Gasteiger partial charge in [-0.2, -0.15) is 0 Å². The van der Waals surface area contributed by atoms with Crippen molar-refractivity contribution in [2.75, 3.05) is 11.9 Å². The summed E-state index contributed by atoms with van der Waals surface area (Å²) in [6.45, 7) is 3.02. The lowest BCUT2D eigenvalue weighted by atomic mass is 9.98. The van der Waals surface area contributed by atoms with E-state index in [2.05, 4.69) is 36.5 Å². The number of amides is 1. The Bertz CT molecular complexity index is 613. The fourth-order valence-electron chi connectivity index (χ4n) is 2.21. The van der Waals surface area contributed by atoms with Crippen LogP contribution in [0.3, 0.4) is 0 Å². The summed E-state index contributed by atoms with van der Waals surface area (Å²) in [4.78, 5) is 11.3. The van der Waals surface area contributed by atoms with Gasteiger partial charge in [0.1, 0.15) is 0 Å². The van der Waals surface area contributed by atoms with E-state index in [0.29, 0.717) is 16.5 Å². The Balaban J connectivity index is 1.92. The zero-order valence-corrected chi connectivity index (χ0v) is 12.7. The number of nitrogens with two attached hydrogens (primary N) is 1. The molecule has 0 saturated heterocycles. The van der Waals surface area contributed by atoms with Gasteiger partial charge < -0.3 is 11.1 Å². The van der Waals surface area contributed by atoms with Crippen molar-refractivity contribution >= 4 is 23.2 Å². The maximum absolute atomic E-state index is 11.3. The molecule has 2 rings (SSSR count). The fourth-order valence-corrected chi connectivity index (χ4v) is 2.42. The molecule has 21 heavy (non-hydrogen) atoms. The van der Waals surface area contributed by atoms with E-state index in [9.17, 15) is 4.79 Å². The minimum Gasteiger partial charge on any atom is -0.385 e. The van der Waals surface area contributed by atoms with Gasteiger partial charge in [0.2, 0.25) is 5.91 Å². The highest BCUT2D eigenvalue weighted by molar-refractivity contribution is 6.33. The molecule has 2 aromatic carbocycles. The zero-order chi connectivity index (χ0) is 15.2. The SMILES string of the molecule is CC(CCNc1ccc(Cl)c(C(N)=O)c1)c1ccccc1. The summed E-state index contributed by atoms with van der Waals surface area (Å²) >= 11 is 5.93. The number of rotatable bonds is 6. The summed E-state index contributed by atoms with van der Waals surface area (Å²) in [7, 11) is 0. The van der Waals surface area contributed by atoms with Crippen molar-refractivity contribution in [1.29, 1.82) is 0 Å². The zero-order valence-electron chi connectivity index (χ0n) is 12.0. The van der Waals surface area contributed by atoms with Crippen LogP contribution in [-0.2, 0) is 0 Å². The Hall–Kier alpha value is -2.00. The van der Waals surface area contributed by atoms with E-state index in [1.807, 2.05) is 12.1 Å². The highest BCUT2D eigenvalue weighted by Gasteiger charge is 2.08. The number of primary amides is 1. The normalized spacial score (nSPS) is 11.9. The molecule has 3 nitrogen and oxygen atoms in total. The maximum Gasteiger partial charge on any atom is 0.250 e. The van der Waals surface area contributed by atoms with Crippen LogP contribution in [0, 0.1) is 0 Å². The molecular formula is C17H19ClN2O. The predicted octanol–water partition coefficient (Wildman–Crippen LogP) is 4.04. The molecule has 0 aliphatic rings. The fraction of sp³-hybridized carbons (Fsp3) is 0.235. The van der Waals surface area contributed by atoms with Gasteiger partial charge in [0.25, 0.3) is 0 Å². The molecule has 110 valence electrons. The summed E-state index contributed by atoms with van der Waals surface area (Å²) in [5, 5.41) is 3.68. The van der Waals surface area contributed by atoms with Crippen LogP contribution in [0.1, 0.15) is 35.2 Å². The molecule has 0 fully saturated rings. The number of hydrogen-bond acceptors (Lipinski definition) is 2. The van der Waals surface area contributed by atoms with Crippen molar-refractivity contribution in [3.63, 3.8) is 0 Å². The standard InChI is InChI=1S/C17H19ClN2O/c1-12(13-5-3-2-4-6-13)9-10-20-14-7-8-16(18)15(11-14)17(19)21/h2-8,11-12,20H,9-10H2,1H3,(H2,19,21). The second-order valence-corrected chi connectivity index (χ2v) is 5.49. The molecular weight excluding hydrogens is 284 g/mol. The molecule has 0 aliphatic heterocycles. The van der Waals surface area contributed by atoms with Crippen LogP contribution in [0.25, 0.3) is 0 Å². The molecule has 0 radical (unpaired) electrons. The number of carbonyl (C=O) groups excluding carboxylic acids is 1. The maximum atomic E-state index is 11.3. The van der Waals surface area contributed by atoms with Crippen molar-refractivity contribution in [2.45, 2.75) is 19.3 Å². The first-order valence-electron chi connectivity index (χ1n) is 6.96. The van der Waals surface area contributed by atoms with E-state index >= 15 is 0 Å². The lowest BCUT2D eigenvalue weighted by Gasteiger charge is -2.13. The van der Waals surface area contributed by atoms with Crippen LogP contribution >= 0.6 is 11.6 Å². The number of nitrogens with one attached hydrogen (secondary N) is 1. The number of carbonyl (C=O) groups is 1. The molecule has 0 aliphatic carbocycles. The second-order valence-electron chi connectivity index (χ2n) is 5.09. The van der Waals surface area contributed by atoms with E-state index in [1.54, 1.807) is 12.1 Å². The van der Waals surface area contributed by atoms with Crippen molar-refractivity contribution < 1.29 is 4.79 Å². The first-order valence-corrected chi connectivity index (χ1v) is 7.34. The molecule has 0 saturated carbocycles. The van der Waals surface area contributed by atoms with Gasteiger partial charge in [-0.25, -0.2) is 0 Å². The van der Waals surface area contributed by atoms with Crippen LogP contribution in [0.5, 0.6) is 0 Å². The monoisotopic (exact) mass is 302 g/mol. The van der Waals surface area contributed by atoms with Crippen molar-refractivity contribution in [3.05, 3.63) is 64.7 Å². The Kier molecular flexibility index (Phi) is 5.23. The van der Waals surface area contributed by atoms with Gasteiger partial charge >= 0.3 is 0 Å². The lowest BCUT2D eigenvalue weighted by molar-refractivity contribution is 0.100. The Morgan fingerprint density at radius 1 is 1.24 bits per heavy atom. The van der Waals surface area contributed by atoms with E-state index < -0.39 is 5.91 Å². The third kappa shape index (κ3) is 4.23. The Labute approximate surface area is 130 Å². The van der Waals surface area contributed by atoms with Gasteiger partial charge in [-0.3, -0.25) is 4.79 Å². The average molecular weight is 303 g/mol. The number of halogens is 1. The van der Waals surface area contributed by atoms with E-state index in [0.717, 1.165) is 18.7 Å². The van der Waals surface area contributed by atoms with Crippen LogP contribution in [0.15, 0.2) is 48.5 Å². The smallest absolute Gasteiger partial charge is 0.250 e. The first-order chi connectivity index (χ1) is 10.1. The van der Waals surface area contributed by atoms with E-state index in [1.165, 1.54) is 5.56 Å². The van der Waals surface area contributed by atoms with Crippen molar-refractivity contribution in [3.8, 4) is 0 Å². The highest BCUT2D eigenvalue weighted by Crippen LogP contribution is 2.22. The minimum atomic E-state index is -0.513. The van der Waals surface area contributed by atoms with Crippen LogP contribution in [-0.4, -0.2) is 12.5 Å². The molecule has 1 unspecified atom stereocenters. The largest absolute Gasteiger partial charge is 0.385 e. The summed E-state index contributed by atoms with van der Waals surface area (Å²) in [5.41, 5.74) is 7.81. The van der Waals surface area contributed by atoms with Gasteiger partial charge in [0, 0.05) is 12.2 Å². The summed E-state index contributed by atoms with van der Waals surface area (Å²) in [6, 6.07) is 15.6. The summed E-state index contributed by atoms with van der Waals surface area (Å²) in [5.74, 6) is -0.0390. The van der Waals surface area contributed by atoms with Gasteiger partial charge in [-0.15, -0.1) is 0 Å². The molecule has 4 heteroatoms. The molecule has 1 atom stereocenters. The molecule has 2 aromatic rings.